The van der Waals surface area contributed by atoms with Gasteiger partial charge in [0.1, 0.15) is 0 Å². The van der Waals surface area contributed by atoms with E-state index in [2.05, 4.69) is 0 Å². The monoisotopic (exact) mass is 342 g/mol. The average Bonchev–Trinajstić information content (AvgIpc) is 3.50. The molecule has 1 aliphatic heterocycles. The molecular weight excluding hydrogens is 316 g/mol. The molecule has 2 saturated carbocycles. The first-order valence-corrected chi connectivity index (χ1v) is 9.41. The van der Waals surface area contributed by atoms with Gasteiger partial charge in [-0.25, -0.2) is 0 Å². The van der Waals surface area contributed by atoms with Gasteiger partial charge in [-0.2, -0.15) is 0 Å². The van der Waals surface area contributed by atoms with E-state index in [0.29, 0.717) is 25.6 Å². The Hall–Kier alpha value is -1.88. The number of benzene rings is 1. The highest BCUT2D eigenvalue weighted by molar-refractivity contribution is 6.35. The topological polar surface area (TPSA) is 49.9 Å². The van der Waals surface area contributed by atoms with Crippen LogP contribution in [0.5, 0.6) is 0 Å². The van der Waals surface area contributed by atoms with Crippen molar-refractivity contribution < 1.29 is 14.3 Å². The van der Waals surface area contributed by atoms with Crippen molar-refractivity contribution in [2.75, 3.05) is 13.1 Å². The molecule has 2 unspecified atom stereocenters. The van der Waals surface area contributed by atoms with Crippen molar-refractivity contribution in [1.29, 1.82) is 0 Å². The maximum atomic E-state index is 12.9. The van der Waals surface area contributed by atoms with Gasteiger partial charge >= 0.3 is 11.8 Å². The Morgan fingerprint density at radius 1 is 1.12 bits per heavy atom. The molecule has 5 heteroatoms. The van der Waals surface area contributed by atoms with Gasteiger partial charge < -0.3 is 14.5 Å². The first-order chi connectivity index (χ1) is 12.1. The van der Waals surface area contributed by atoms with E-state index in [1.807, 2.05) is 37.3 Å². The summed E-state index contributed by atoms with van der Waals surface area (Å²) in [6, 6.07) is 10.1. The molecule has 0 N–H and O–H groups in total. The molecule has 25 heavy (non-hydrogen) atoms. The van der Waals surface area contributed by atoms with E-state index in [1.165, 1.54) is 12.8 Å². The molecule has 1 heterocycles. The Kier molecular flexibility index (Phi) is 4.50. The third-order valence-corrected chi connectivity index (χ3v) is 5.35. The molecule has 0 bridgehead atoms. The zero-order valence-corrected chi connectivity index (χ0v) is 14.8. The summed E-state index contributed by atoms with van der Waals surface area (Å²) in [5.74, 6) is -0.143. The lowest BCUT2D eigenvalue weighted by molar-refractivity contribution is -0.160. The second kappa shape index (κ2) is 6.79. The van der Waals surface area contributed by atoms with E-state index >= 15 is 0 Å². The summed E-state index contributed by atoms with van der Waals surface area (Å²) in [6.07, 6.45) is 4.45. The molecule has 134 valence electrons. The van der Waals surface area contributed by atoms with Crippen LogP contribution in [0.15, 0.2) is 30.3 Å². The quantitative estimate of drug-likeness (QED) is 0.788. The minimum atomic E-state index is -0.358. The Balaban J connectivity index is 1.44. The molecule has 2 aliphatic carbocycles. The second-order valence-corrected chi connectivity index (χ2v) is 7.68. The average molecular weight is 342 g/mol. The molecular formula is C20H26N2O3. The van der Waals surface area contributed by atoms with Gasteiger partial charge in [0, 0.05) is 25.7 Å². The summed E-state index contributed by atoms with van der Waals surface area (Å²) in [5.41, 5.74) is 1.07. The van der Waals surface area contributed by atoms with Gasteiger partial charge in [-0.1, -0.05) is 30.3 Å². The number of hydrogen-bond acceptors (Lipinski definition) is 3. The Labute approximate surface area is 148 Å². The minimum absolute atomic E-state index is 0.000372. The SMILES string of the molecule is CC1CN(C(=O)C(=O)N(Cc2ccccc2)C2CC2)CC(C2CC2)O1. The molecule has 1 aromatic carbocycles. The zero-order valence-electron chi connectivity index (χ0n) is 14.8. The molecule has 5 nitrogen and oxygen atoms in total. The summed E-state index contributed by atoms with van der Waals surface area (Å²) >= 11 is 0. The van der Waals surface area contributed by atoms with Crippen LogP contribution in [-0.2, 0) is 20.9 Å². The van der Waals surface area contributed by atoms with E-state index in [-0.39, 0.29) is 30.1 Å². The van der Waals surface area contributed by atoms with Crippen molar-refractivity contribution >= 4 is 11.8 Å². The Morgan fingerprint density at radius 2 is 1.84 bits per heavy atom. The normalized spacial score (nSPS) is 26.4. The summed E-state index contributed by atoms with van der Waals surface area (Å²) in [5, 5.41) is 0. The number of nitrogens with zero attached hydrogens (tertiary/aromatic N) is 2. The van der Waals surface area contributed by atoms with E-state index in [1.54, 1.807) is 9.80 Å². The number of hydrogen-bond donors (Lipinski definition) is 0. The summed E-state index contributed by atoms with van der Waals surface area (Å²) in [6.45, 7) is 3.57. The molecule has 3 aliphatic rings. The van der Waals surface area contributed by atoms with Crippen molar-refractivity contribution in [1.82, 2.24) is 9.80 Å². The maximum absolute atomic E-state index is 12.9. The third-order valence-electron chi connectivity index (χ3n) is 5.35. The molecule has 4 rings (SSSR count). The van der Waals surface area contributed by atoms with Crippen molar-refractivity contribution in [3.63, 3.8) is 0 Å². The first kappa shape index (κ1) is 16.6. The fourth-order valence-corrected chi connectivity index (χ4v) is 3.67. The molecule has 0 radical (unpaired) electrons. The van der Waals surface area contributed by atoms with Crippen molar-refractivity contribution in [2.24, 2.45) is 5.92 Å². The molecule has 2 amide bonds. The fraction of sp³-hybridized carbons (Fsp3) is 0.600. The van der Waals surface area contributed by atoms with E-state index < -0.39 is 0 Å². The largest absolute Gasteiger partial charge is 0.371 e. The lowest BCUT2D eigenvalue weighted by Gasteiger charge is -2.37. The predicted octanol–water partition coefficient (Wildman–Crippen LogP) is 2.20. The van der Waals surface area contributed by atoms with Gasteiger partial charge in [0.05, 0.1) is 12.2 Å². The van der Waals surface area contributed by atoms with Crippen LogP contribution in [0, 0.1) is 5.92 Å². The number of morpholine rings is 1. The van der Waals surface area contributed by atoms with Gasteiger partial charge in [-0.05, 0) is 44.1 Å². The number of amides is 2. The van der Waals surface area contributed by atoms with Gasteiger partial charge in [-0.3, -0.25) is 9.59 Å². The maximum Gasteiger partial charge on any atom is 0.312 e. The Bertz CT molecular complexity index is 640. The first-order valence-electron chi connectivity index (χ1n) is 9.41. The van der Waals surface area contributed by atoms with Crippen LogP contribution in [0.2, 0.25) is 0 Å². The molecule has 3 fully saturated rings. The van der Waals surface area contributed by atoms with Gasteiger partial charge in [0.25, 0.3) is 0 Å². The lowest BCUT2D eigenvalue weighted by Crippen LogP contribution is -2.54. The number of carbonyl (C=O) groups excluding carboxylic acids is 2. The fourth-order valence-electron chi connectivity index (χ4n) is 3.67. The molecule has 1 aromatic rings. The highest BCUT2D eigenvalue weighted by Gasteiger charge is 2.42. The second-order valence-electron chi connectivity index (χ2n) is 7.68. The summed E-state index contributed by atoms with van der Waals surface area (Å²) < 4.78 is 5.97. The minimum Gasteiger partial charge on any atom is -0.371 e. The van der Waals surface area contributed by atoms with Crippen molar-refractivity contribution in [3.8, 4) is 0 Å². The summed E-state index contributed by atoms with van der Waals surface area (Å²) in [4.78, 5) is 29.3. The summed E-state index contributed by atoms with van der Waals surface area (Å²) in [7, 11) is 0. The zero-order chi connectivity index (χ0) is 17.4. The van der Waals surface area contributed by atoms with Crippen molar-refractivity contribution in [3.05, 3.63) is 35.9 Å². The van der Waals surface area contributed by atoms with Gasteiger partial charge in [0.15, 0.2) is 0 Å². The highest BCUT2D eigenvalue weighted by atomic mass is 16.5. The molecule has 0 spiro atoms. The number of carbonyl (C=O) groups is 2. The number of ether oxygens (including phenoxy) is 1. The number of rotatable bonds is 4. The predicted molar refractivity (Wildman–Crippen MR) is 93.7 cm³/mol. The van der Waals surface area contributed by atoms with Gasteiger partial charge in [-0.15, -0.1) is 0 Å². The Morgan fingerprint density at radius 3 is 2.48 bits per heavy atom. The van der Waals surface area contributed by atoms with Crippen LogP contribution < -0.4 is 0 Å². The highest BCUT2D eigenvalue weighted by Crippen LogP contribution is 2.37. The van der Waals surface area contributed by atoms with E-state index in [4.69, 9.17) is 4.74 Å². The smallest absolute Gasteiger partial charge is 0.312 e. The van der Waals surface area contributed by atoms with E-state index in [0.717, 1.165) is 18.4 Å². The van der Waals surface area contributed by atoms with Crippen LogP contribution in [0.1, 0.15) is 38.2 Å². The standard InChI is InChI=1S/C20H26N2O3/c1-14-11-21(13-18(25-14)16-7-8-16)19(23)20(24)22(17-9-10-17)12-15-5-3-2-4-6-15/h2-6,14,16-18H,7-13H2,1H3. The van der Waals surface area contributed by atoms with Crippen LogP contribution >= 0.6 is 0 Å². The third kappa shape index (κ3) is 3.87. The lowest BCUT2D eigenvalue weighted by atomic mass is 10.1. The molecule has 1 saturated heterocycles. The van der Waals surface area contributed by atoms with Crippen LogP contribution in [0.25, 0.3) is 0 Å². The molecule has 0 aromatic heterocycles. The van der Waals surface area contributed by atoms with Crippen LogP contribution in [-0.4, -0.2) is 53.0 Å². The van der Waals surface area contributed by atoms with Gasteiger partial charge in [0.2, 0.25) is 0 Å². The van der Waals surface area contributed by atoms with Crippen LogP contribution in [0.4, 0.5) is 0 Å². The van der Waals surface area contributed by atoms with E-state index in [9.17, 15) is 9.59 Å². The van der Waals surface area contributed by atoms with Crippen molar-refractivity contribution in [2.45, 2.75) is 57.4 Å². The molecule has 2 atom stereocenters. The van der Waals surface area contributed by atoms with Crippen LogP contribution in [0.3, 0.4) is 0 Å².